The molecular weight excluding hydrogens is 259 g/mol. The SMILES string of the molecule is CCc1nn(-c2cccc(Cl)c2)c(Cl)c1CO. The average molecular weight is 271 g/mol. The van der Waals surface area contributed by atoms with E-state index in [0.29, 0.717) is 15.7 Å². The summed E-state index contributed by atoms with van der Waals surface area (Å²) in [6.45, 7) is 1.86. The molecule has 1 aromatic carbocycles. The zero-order chi connectivity index (χ0) is 12.4. The first kappa shape index (κ1) is 12.4. The van der Waals surface area contributed by atoms with Crippen LogP contribution in [0, 0.1) is 0 Å². The van der Waals surface area contributed by atoms with Crippen molar-refractivity contribution in [2.75, 3.05) is 0 Å². The Hall–Kier alpha value is -1.03. The molecule has 0 saturated carbocycles. The molecule has 0 aliphatic carbocycles. The summed E-state index contributed by atoms with van der Waals surface area (Å²) in [4.78, 5) is 0. The molecule has 0 saturated heterocycles. The largest absolute Gasteiger partial charge is 0.391 e. The van der Waals surface area contributed by atoms with E-state index in [-0.39, 0.29) is 6.61 Å². The number of nitrogens with zero attached hydrogens (tertiary/aromatic N) is 2. The Balaban J connectivity index is 2.56. The van der Waals surface area contributed by atoms with Crippen LogP contribution in [-0.2, 0) is 13.0 Å². The van der Waals surface area contributed by atoms with Crippen molar-refractivity contribution in [3.63, 3.8) is 0 Å². The Bertz CT molecular complexity index is 537. The van der Waals surface area contributed by atoms with Crippen molar-refractivity contribution in [3.05, 3.63) is 45.7 Å². The Labute approximate surface area is 110 Å². The molecule has 0 aliphatic heterocycles. The molecule has 0 atom stereocenters. The molecular formula is C12H12Cl2N2O. The Kier molecular flexibility index (Phi) is 3.72. The topological polar surface area (TPSA) is 38.0 Å². The molecule has 90 valence electrons. The lowest BCUT2D eigenvalue weighted by atomic mass is 10.2. The molecule has 0 unspecified atom stereocenters. The molecule has 2 aromatic rings. The Morgan fingerprint density at radius 2 is 2.12 bits per heavy atom. The lowest BCUT2D eigenvalue weighted by Crippen LogP contribution is -1.97. The van der Waals surface area contributed by atoms with Gasteiger partial charge in [-0.3, -0.25) is 0 Å². The minimum Gasteiger partial charge on any atom is -0.391 e. The van der Waals surface area contributed by atoms with Crippen molar-refractivity contribution in [1.82, 2.24) is 9.78 Å². The quantitative estimate of drug-likeness (QED) is 0.930. The van der Waals surface area contributed by atoms with Crippen LogP contribution in [-0.4, -0.2) is 14.9 Å². The molecule has 1 heterocycles. The van der Waals surface area contributed by atoms with Gasteiger partial charge in [0.05, 0.1) is 18.0 Å². The van der Waals surface area contributed by atoms with Crippen LogP contribution in [0.5, 0.6) is 0 Å². The van der Waals surface area contributed by atoms with E-state index in [2.05, 4.69) is 5.10 Å². The second kappa shape index (κ2) is 5.08. The molecule has 1 aromatic heterocycles. The summed E-state index contributed by atoms with van der Waals surface area (Å²) >= 11 is 12.1. The average Bonchev–Trinajstić information content (AvgIpc) is 2.65. The Morgan fingerprint density at radius 1 is 1.35 bits per heavy atom. The Morgan fingerprint density at radius 3 is 2.65 bits per heavy atom. The van der Waals surface area contributed by atoms with E-state index in [1.807, 2.05) is 19.1 Å². The molecule has 0 fully saturated rings. The highest BCUT2D eigenvalue weighted by molar-refractivity contribution is 6.31. The van der Waals surface area contributed by atoms with E-state index in [1.54, 1.807) is 16.8 Å². The first-order valence-electron chi connectivity index (χ1n) is 5.30. The predicted octanol–water partition coefficient (Wildman–Crippen LogP) is 3.23. The van der Waals surface area contributed by atoms with Gasteiger partial charge in [0.25, 0.3) is 0 Å². The first-order valence-corrected chi connectivity index (χ1v) is 6.06. The van der Waals surface area contributed by atoms with Crippen LogP contribution >= 0.6 is 23.2 Å². The van der Waals surface area contributed by atoms with E-state index in [4.69, 9.17) is 23.2 Å². The van der Waals surface area contributed by atoms with Crippen LogP contribution in [0.15, 0.2) is 24.3 Å². The van der Waals surface area contributed by atoms with Gasteiger partial charge in [-0.1, -0.05) is 36.2 Å². The lowest BCUT2D eigenvalue weighted by Gasteiger charge is -2.03. The molecule has 0 radical (unpaired) electrons. The highest BCUT2D eigenvalue weighted by atomic mass is 35.5. The van der Waals surface area contributed by atoms with Crippen LogP contribution in [0.4, 0.5) is 0 Å². The molecule has 0 aliphatic rings. The molecule has 3 nitrogen and oxygen atoms in total. The number of aromatic nitrogens is 2. The van der Waals surface area contributed by atoms with Crippen molar-refractivity contribution in [2.24, 2.45) is 0 Å². The number of rotatable bonds is 3. The van der Waals surface area contributed by atoms with Gasteiger partial charge in [0, 0.05) is 10.6 Å². The number of aliphatic hydroxyl groups excluding tert-OH is 1. The van der Waals surface area contributed by atoms with Crippen molar-refractivity contribution in [3.8, 4) is 5.69 Å². The number of aryl methyl sites for hydroxylation is 1. The summed E-state index contributed by atoms with van der Waals surface area (Å²) in [5.41, 5.74) is 2.27. The fourth-order valence-electron chi connectivity index (χ4n) is 1.69. The van der Waals surface area contributed by atoms with Crippen molar-refractivity contribution >= 4 is 23.2 Å². The van der Waals surface area contributed by atoms with Crippen molar-refractivity contribution in [2.45, 2.75) is 20.0 Å². The summed E-state index contributed by atoms with van der Waals surface area (Å²) < 4.78 is 1.60. The van der Waals surface area contributed by atoms with E-state index in [0.717, 1.165) is 17.8 Å². The first-order chi connectivity index (χ1) is 8.17. The van der Waals surface area contributed by atoms with E-state index in [1.165, 1.54) is 0 Å². The molecule has 1 N–H and O–H groups in total. The number of hydrogen-bond acceptors (Lipinski definition) is 2. The summed E-state index contributed by atoms with van der Waals surface area (Å²) in [5, 5.41) is 14.7. The fourth-order valence-corrected chi connectivity index (χ4v) is 2.18. The van der Waals surface area contributed by atoms with Crippen LogP contribution in [0.2, 0.25) is 10.2 Å². The highest BCUT2D eigenvalue weighted by Crippen LogP contribution is 2.25. The highest BCUT2D eigenvalue weighted by Gasteiger charge is 2.15. The third kappa shape index (κ3) is 2.32. The van der Waals surface area contributed by atoms with E-state index >= 15 is 0 Å². The van der Waals surface area contributed by atoms with E-state index < -0.39 is 0 Å². The number of benzene rings is 1. The molecule has 5 heteroatoms. The number of hydrogen-bond donors (Lipinski definition) is 1. The minimum absolute atomic E-state index is 0.109. The lowest BCUT2D eigenvalue weighted by molar-refractivity contribution is 0.281. The summed E-state index contributed by atoms with van der Waals surface area (Å²) in [6.07, 6.45) is 0.725. The molecule has 0 spiro atoms. The van der Waals surface area contributed by atoms with Gasteiger partial charge >= 0.3 is 0 Å². The van der Waals surface area contributed by atoms with Gasteiger partial charge in [-0.05, 0) is 24.6 Å². The summed E-state index contributed by atoms with van der Waals surface area (Å²) in [6, 6.07) is 7.27. The van der Waals surface area contributed by atoms with Crippen LogP contribution < -0.4 is 0 Å². The number of halogens is 2. The molecule has 0 bridgehead atoms. The van der Waals surface area contributed by atoms with Crippen molar-refractivity contribution in [1.29, 1.82) is 0 Å². The summed E-state index contributed by atoms with van der Waals surface area (Å²) in [7, 11) is 0. The van der Waals surface area contributed by atoms with Gasteiger partial charge in [0.15, 0.2) is 0 Å². The summed E-state index contributed by atoms with van der Waals surface area (Å²) in [5.74, 6) is 0. The third-order valence-electron chi connectivity index (χ3n) is 2.55. The van der Waals surface area contributed by atoms with Gasteiger partial charge < -0.3 is 5.11 Å². The van der Waals surface area contributed by atoms with Gasteiger partial charge in [-0.2, -0.15) is 5.10 Å². The maximum atomic E-state index is 9.28. The molecule has 0 amide bonds. The molecule has 2 rings (SSSR count). The van der Waals surface area contributed by atoms with E-state index in [9.17, 15) is 5.11 Å². The molecule has 17 heavy (non-hydrogen) atoms. The minimum atomic E-state index is -0.109. The second-order valence-electron chi connectivity index (χ2n) is 3.62. The van der Waals surface area contributed by atoms with Crippen molar-refractivity contribution < 1.29 is 5.11 Å². The maximum Gasteiger partial charge on any atom is 0.138 e. The van der Waals surface area contributed by atoms with Gasteiger partial charge in [-0.15, -0.1) is 0 Å². The standard InChI is InChI=1S/C12H12Cl2N2O/c1-2-11-10(7-17)12(14)16(15-11)9-5-3-4-8(13)6-9/h3-6,17H,2,7H2,1H3. The van der Waals surface area contributed by atoms with Crippen LogP contribution in [0.3, 0.4) is 0 Å². The fraction of sp³-hybridized carbons (Fsp3) is 0.250. The zero-order valence-corrected chi connectivity index (χ0v) is 10.8. The normalized spacial score (nSPS) is 10.8. The van der Waals surface area contributed by atoms with Gasteiger partial charge in [-0.25, -0.2) is 4.68 Å². The zero-order valence-electron chi connectivity index (χ0n) is 9.32. The smallest absolute Gasteiger partial charge is 0.138 e. The van der Waals surface area contributed by atoms with Gasteiger partial charge in [0.2, 0.25) is 0 Å². The third-order valence-corrected chi connectivity index (χ3v) is 3.17. The van der Waals surface area contributed by atoms with Gasteiger partial charge in [0.1, 0.15) is 5.15 Å². The second-order valence-corrected chi connectivity index (χ2v) is 4.41. The monoisotopic (exact) mass is 270 g/mol. The van der Waals surface area contributed by atoms with Crippen LogP contribution in [0.25, 0.3) is 5.69 Å². The maximum absolute atomic E-state index is 9.28. The van der Waals surface area contributed by atoms with Crippen LogP contribution in [0.1, 0.15) is 18.2 Å². The number of aliphatic hydroxyl groups is 1. The predicted molar refractivity (Wildman–Crippen MR) is 68.9 cm³/mol.